The quantitative estimate of drug-likeness (QED) is 0.170. The van der Waals surface area contributed by atoms with Gasteiger partial charge in [0.05, 0.1) is 10.7 Å². The minimum absolute atomic E-state index is 0.200. The maximum absolute atomic E-state index is 12.9. The molecule has 0 atom stereocenters. The van der Waals surface area contributed by atoms with E-state index in [9.17, 15) is 9.59 Å². The van der Waals surface area contributed by atoms with Gasteiger partial charge in [0.2, 0.25) is 10.9 Å². The van der Waals surface area contributed by atoms with Crippen LogP contribution in [0.5, 0.6) is 0 Å². The van der Waals surface area contributed by atoms with E-state index in [1.54, 1.807) is 24.3 Å². The van der Waals surface area contributed by atoms with E-state index in [1.165, 1.54) is 0 Å². The Hall–Kier alpha value is -3.28. The topological polar surface area (TPSA) is 58.2 Å². The van der Waals surface area contributed by atoms with Gasteiger partial charge in [-0.1, -0.05) is 70.7 Å². The number of rotatable bonds is 4. The van der Waals surface area contributed by atoms with Crippen LogP contribution in [0.4, 0.5) is 22.7 Å². The Morgan fingerprint density at radius 3 is 1.86 bits per heavy atom. The standard InChI is InChI=1S/C28H14Cl4N2O2/c29-14-3-1-5-16(11-14)33-19-10-8-13-7-9-18-21-20(13)22(19)26(34-17-6-2-4-15(30)12-17)24(31)23(21)25(32)28(36)27(18)35/h1-12,33-34H. The van der Waals surface area contributed by atoms with Crippen LogP contribution in [0.25, 0.3) is 32.3 Å². The summed E-state index contributed by atoms with van der Waals surface area (Å²) in [6.07, 6.45) is 0. The third kappa shape index (κ3) is 3.61. The van der Waals surface area contributed by atoms with E-state index < -0.39 is 10.9 Å². The van der Waals surface area contributed by atoms with Crippen molar-refractivity contribution in [2.45, 2.75) is 0 Å². The number of halogens is 4. The molecule has 6 aromatic carbocycles. The highest BCUT2D eigenvalue weighted by atomic mass is 35.5. The number of anilines is 4. The Balaban J connectivity index is 1.78. The molecule has 0 fully saturated rings. The molecule has 0 amide bonds. The van der Waals surface area contributed by atoms with Crippen LogP contribution >= 0.6 is 46.4 Å². The molecule has 0 aliphatic heterocycles. The van der Waals surface area contributed by atoms with E-state index in [4.69, 9.17) is 46.4 Å². The molecule has 0 bridgehead atoms. The fraction of sp³-hybridized carbons (Fsp3) is 0. The van der Waals surface area contributed by atoms with Crippen molar-refractivity contribution in [2.24, 2.45) is 0 Å². The highest BCUT2D eigenvalue weighted by Gasteiger charge is 2.24. The normalized spacial score (nSPS) is 11.6. The molecule has 36 heavy (non-hydrogen) atoms. The minimum Gasteiger partial charge on any atom is -0.355 e. The van der Waals surface area contributed by atoms with Crippen molar-refractivity contribution in [3.63, 3.8) is 0 Å². The van der Waals surface area contributed by atoms with E-state index >= 15 is 0 Å². The lowest BCUT2D eigenvalue weighted by Crippen LogP contribution is -2.24. The van der Waals surface area contributed by atoms with Gasteiger partial charge in [-0.2, -0.15) is 0 Å². The van der Waals surface area contributed by atoms with Gasteiger partial charge in [0, 0.05) is 54.0 Å². The molecular weight excluding hydrogens is 538 g/mol. The van der Waals surface area contributed by atoms with Crippen LogP contribution in [0.2, 0.25) is 20.1 Å². The lowest BCUT2D eigenvalue weighted by Gasteiger charge is -2.21. The zero-order chi connectivity index (χ0) is 25.1. The Labute approximate surface area is 224 Å². The molecule has 0 aliphatic rings. The van der Waals surface area contributed by atoms with E-state index in [2.05, 4.69) is 10.6 Å². The summed E-state index contributed by atoms with van der Waals surface area (Å²) in [5.74, 6) is 0. The largest absolute Gasteiger partial charge is 0.355 e. The maximum atomic E-state index is 12.9. The van der Waals surface area contributed by atoms with Gasteiger partial charge in [-0.05, 0) is 53.9 Å². The molecule has 6 aromatic rings. The number of nitrogens with one attached hydrogen (secondary N) is 2. The van der Waals surface area contributed by atoms with Crippen LogP contribution in [0.1, 0.15) is 0 Å². The van der Waals surface area contributed by atoms with Gasteiger partial charge < -0.3 is 10.6 Å². The molecule has 0 saturated carbocycles. The van der Waals surface area contributed by atoms with E-state index in [0.717, 1.165) is 27.5 Å². The fourth-order valence-corrected chi connectivity index (χ4v) is 5.70. The molecule has 4 nitrogen and oxygen atoms in total. The zero-order valence-corrected chi connectivity index (χ0v) is 21.3. The Bertz CT molecular complexity index is 1940. The molecular formula is C28H14Cl4N2O2. The summed E-state index contributed by atoms with van der Waals surface area (Å²) in [4.78, 5) is 25.6. The van der Waals surface area contributed by atoms with Crippen molar-refractivity contribution >= 4 is 101 Å². The van der Waals surface area contributed by atoms with Gasteiger partial charge in [-0.3, -0.25) is 9.59 Å². The molecule has 0 unspecified atom stereocenters. The summed E-state index contributed by atoms with van der Waals surface area (Å²) < 4.78 is 0. The Morgan fingerprint density at radius 1 is 0.556 bits per heavy atom. The van der Waals surface area contributed by atoms with Crippen molar-refractivity contribution in [3.8, 4) is 0 Å². The lowest BCUT2D eigenvalue weighted by atomic mass is 9.91. The van der Waals surface area contributed by atoms with E-state index in [1.807, 2.05) is 48.5 Å². The Kier molecular flexibility index (Phi) is 5.58. The second-order valence-electron chi connectivity index (χ2n) is 8.38. The van der Waals surface area contributed by atoms with E-state index in [-0.39, 0.29) is 15.4 Å². The van der Waals surface area contributed by atoms with Gasteiger partial charge >= 0.3 is 0 Å². The SMILES string of the molecule is O=c1c(Cl)c2c(Cl)c(Nc3cccc(Cl)c3)c3c(Nc4cccc(Cl)c4)ccc4ccc(c1=O)c2c43. The molecule has 0 radical (unpaired) electrons. The molecule has 0 aromatic heterocycles. The fourth-order valence-electron chi connectivity index (χ4n) is 4.67. The zero-order valence-electron chi connectivity index (χ0n) is 18.3. The highest BCUT2D eigenvalue weighted by Crippen LogP contribution is 2.49. The van der Waals surface area contributed by atoms with Crippen LogP contribution in [0.3, 0.4) is 0 Å². The van der Waals surface area contributed by atoms with E-state index in [0.29, 0.717) is 32.2 Å². The number of hydrogen-bond acceptors (Lipinski definition) is 4. The van der Waals surface area contributed by atoms with Gasteiger partial charge in [-0.25, -0.2) is 0 Å². The van der Waals surface area contributed by atoms with Crippen molar-refractivity contribution in [3.05, 3.63) is 113 Å². The molecule has 2 N–H and O–H groups in total. The predicted molar refractivity (Wildman–Crippen MR) is 153 cm³/mol. The summed E-state index contributed by atoms with van der Waals surface area (Å²) in [5, 5.41) is 11.4. The monoisotopic (exact) mass is 550 g/mol. The molecule has 0 aliphatic carbocycles. The van der Waals surface area contributed by atoms with Gasteiger partial charge in [0.25, 0.3) is 0 Å². The van der Waals surface area contributed by atoms with Crippen molar-refractivity contribution < 1.29 is 0 Å². The van der Waals surface area contributed by atoms with Crippen LogP contribution in [-0.2, 0) is 0 Å². The first-order chi connectivity index (χ1) is 17.3. The first kappa shape index (κ1) is 23.1. The molecule has 8 heteroatoms. The second kappa shape index (κ2) is 8.68. The summed E-state index contributed by atoms with van der Waals surface area (Å²) in [6, 6.07) is 21.9. The third-order valence-electron chi connectivity index (χ3n) is 6.19. The number of hydrogen-bond donors (Lipinski definition) is 2. The highest BCUT2D eigenvalue weighted by molar-refractivity contribution is 6.49. The average molecular weight is 552 g/mol. The third-order valence-corrected chi connectivity index (χ3v) is 7.40. The molecule has 0 spiro atoms. The molecule has 176 valence electrons. The summed E-state index contributed by atoms with van der Waals surface area (Å²) in [7, 11) is 0. The first-order valence-electron chi connectivity index (χ1n) is 10.9. The van der Waals surface area contributed by atoms with Crippen LogP contribution in [0.15, 0.2) is 82.4 Å². The number of benzene rings is 6. The lowest BCUT2D eigenvalue weighted by molar-refractivity contribution is 1.54. The van der Waals surface area contributed by atoms with Crippen LogP contribution in [0, 0.1) is 0 Å². The molecule has 0 heterocycles. The second-order valence-corrected chi connectivity index (χ2v) is 10.0. The first-order valence-corrected chi connectivity index (χ1v) is 12.4. The van der Waals surface area contributed by atoms with Gasteiger partial charge in [0.1, 0.15) is 5.02 Å². The molecule has 0 saturated heterocycles. The minimum atomic E-state index is -0.782. The maximum Gasteiger partial charge on any atom is 0.245 e. The van der Waals surface area contributed by atoms with Crippen molar-refractivity contribution in [1.29, 1.82) is 0 Å². The van der Waals surface area contributed by atoms with Crippen LogP contribution in [-0.4, -0.2) is 0 Å². The van der Waals surface area contributed by atoms with Crippen molar-refractivity contribution in [2.75, 3.05) is 10.6 Å². The predicted octanol–water partition coefficient (Wildman–Crippen LogP) is 8.84. The summed E-state index contributed by atoms with van der Waals surface area (Å²) in [5.41, 5.74) is 1.27. The Morgan fingerprint density at radius 2 is 1.19 bits per heavy atom. The summed E-state index contributed by atoms with van der Waals surface area (Å²) >= 11 is 25.9. The van der Waals surface area contributed by atoms with Gasteiger partial charge in [-0.15, -0.1) is 0 Å². The summed E-state index contributed by atoms with van der Waals surface area (Å²) in [6.45, 7) is 0. The van der Waals surface area contributed by atoms with Crippen molar-refractivity contribution in [1.82, 2.24) is 0 Å². The average Bonchev–Trinajstić information content (AvgIpc) is 2.85. The van der Waals surface area contributed by atoms with Crippen LogP contribution < -0.4 is 21.5 Å². The van der Waals surface area contributed by atoms with Gasteiger partial charge in [0.15, 0.2) is 0 Å². The smallest absolute Gasteiger partial charge is 0.245 e. The molecule has 6 rings (SSSR count).